The van der Waals surface area contributed by atoms with Crippen LogP contribution in [0.3, 0.4) is 0 Å². The van der Waals surface area contributed by atoms with Crippen molar-refractivity contribution < 1.29 is 14.7 Å². The summed E-state index contributed by atoms with van der Waals surface area (Å²) in [7, 11) is 3.18. The Kier molecular flexibility index (Phi) is 4.30. The highest BCUT2D eigenvalue weighted by molar-refractivity contribution is 6.30. The van der Waals surface area contributed by atoms with Crippen LogP contribution in [0.2, 0.25) is 5.02 Å². The Morgan fingerprint density at radius 3 is 2.35 bits per heavy atom. The van der Waals surface area contributed by atoms with E-state index in [-0.39, 0.29) is 0 Å². The largest absolute Gasteiger partial charge is 0.493 e. The molecular weight excluding hydrogens is 316 g/mol. The lowest BCUT2D eigenvalue weighted by Crippen LogP contribution is -2.28. The van der Waals surface area contributed by atoms with E-state index in [0.717, 1.165) is 16.9 Å². The van der Waals surface area contributed by atoms with Gasteiger partial charge in [0.2, 0.25) is 0 Å². The molecule has 0 bridgehead atoms. The summed E-state index contributed by atoms with van der Waals surface area (Å²) in [5, 5.41) is 13.4. The molecule has 1 aliphatic rings. The van der Waals surface area contributed by atoms with Gasteiger partial charge in [-0.2, -0.15) is 0 Å². The van der Waals surface area contributed by atoms with Gasteiger partial charge in [-0.05, 0) is 30.3 Å². The first-order valence-corrected chi connectivity index (χ1v) is 7.56. The van der Waals surface area contributed by atoms with Crippen LogP contribution in [0.25, 0.3) is 0 Å². The van der Waals surface area contributed by atoms with Gasteiger partial charge in [0.05, 0.1) is 25.6 Å². The van der Waals surface area contributed by atoms with Crippen LogP contribution in [0, 0.1) is 0 Å². The SMILES string of the molecule is COc1cc2c(cc1OC)N(c1ccc(Cl)cc1)CC/C2=N\O. The minimum Gasteiger partial charge on any atom is -0.493 e. The second kappa shape index (κ2) is 6.38. The number of benzene rings is 2. The molecule has 0 saturated carbocycles. The minimum absolute atomic E-state index is 0.602. The summed E-state index contributed by atoms with van der Waals surface area (Å²) >= 11 is 5.98. The summed E-state index contributed by atoms with van der Waals surface area (Å²) in [4.78, 5) is 2.14. The van der Waals surface area contributed by atoms with Crippen molar-refractivity contribution in [3.8, 4) is 11.5 Å². The third-order valence-corrected chi connectivity index (χ3v) is 4.19. The zero-order valence-electron chi connectivity index (χ0n) is 12.9. The molecule has 120 valence electrons. The lowest BCUT2D eigenvalue weighted by Gasteiger charge is -2.32. The Labute approximate surface area is 139 Å². The van der Waals surface area contributed by atoms with E-state index in [1.807, 2.05) is 36.4 Å². The van der Waals surface area contributed by atoms with Gasteiger partial charge in [-0.25, -0.2) is 0 Å². The van der Waals surface area contributed by atoms with Gasteiger partial charge in [0.25, 0.3) is 0 Å². The second-order valence-electron chi connectivity index (χ2n) is 5.15. The first kappa shape index (κ1) is 15.5. The number of hydrogen-bond acceptors (Lipinski definition) is 5. The predicted molar refractivity (Wildman–Crippen MR) is 90.9 cm³/mol. The Bertz CT molecular complexity index is 744. The maximum absolute atomic E-state index is 9.30. The van der Waals surface area contributed by atoms with Crippen molar-refractivity contribution in [2.45, 2.75) is 6.42 Å². The number of ether oxygens (including phenoxy) is 2. The Morgan fingerprint density at radius 2 is 1.74 bits per heavy atom. The van der Waals surface area contributed by atoms with Crippen LogP contribution in [-0.4, -0.2) is 31.7 Å². The maximum atomic E-state index is 9.30. The highest BCUT2D eigenvalue weighted by Gasteiger charge is 2.26. The normalized spacial score (nSPS) is 15.4. The molecule has 2 aromatic carbocycles. The monoisotopic (exact) mass is 332 g/mol. The van der Waals surface area contributed by atoms with Gasteiger partial charge in [0.15, 0.2) is 11.5 Å². The van der Waals surface area contributed by atoms with Gasteiger partial charge < -0.3 is 19.6 Å². The van der Waals surface area contributed by atoms with Crippen LogP contribution < -0.4 is 14.4 Å². The smallest absolute Gasteiger partial charge is 0.162 e. The average molecular weight is 333 g/mol. The van der Waals surface area contributed by atoms with E-state index >= 15 is 0 Å². The fourth-order valence-electron chi connectivity index (χ4n) is 2.79. The molecule has 6 heteroatoms. The molecule has 3 rings (SSSR count). The lowest BCUT2D eigenvalue weighted by molar-refractivity contribution is 0.317. The zero-order chi connectivity index (χ0) is 16.4. The average Bonchev–Trinajstić information content (AvgIpc) is 2.60. The maximum Gasteiger partial charge on any atom is 0.162 e. The number of hydrogen-bond donors (Lipinski definition) is 1. The standard InChI is InChI=1S/C17H17ClN2O3/c1-22-16-9-13-14(19-21)7-8-20(15(13)10-17(16)23-2)12-5-3-11(18)4-6-12/h3-6,9-10,21H,7-8H2,1-2H3/b19-14+. The van der Waals surface area contributed by atoms with Crippen molar-refractivity contribution in [3.05, 3.63) is 47.0 Å². The van der Waals surface area contributed by atoms with Gasteiger partial charge in [-0.15, -0.1) is 0 Å². The molecule has 0 atom stereocenters. The molecule has 23 heavy (non-hydrogen) atoms. The van der Waals surface area contributed by atoms with Crippen molar-refractivity contribution in [2.75, 3.05) is 25.7 Å². The molecule has 0 aliphatic carbocycles. The van der Waals surface area contributed by atoms with Crippen LogP contribution in [0.15, 0.2) is 41.6 Å². The molecule has 1 N–H and O–H groups in total. The number of oxime groups is 1. The first-order chi connectivity index (χ1) is 11.2. The molecule has 1 aliphatic heterocycles. The van der Waals surface area contributed by atoms with Crippen LogP contribution in [0.4, 0.5) is 11.4 Å². The number of anilines is 2. The minimum atomic E-state index is 0.602. The highest BCUT2D eigenvalue weighted by Crippen LogP contribution is 2.41. The molecule has 0 fully saturated rings. The van der Waals surface area contributed by atoms with Crippen molar-refractivity contribution in [3.63, 3.8) is 0 Å². The summed E-state index contributed by atoms with van der Waals surface area (Å²) in [6.07, 6.45) is 0.627. The fourth-order valence-corrected chi connectivity index (χ4v) is 2.91. The second-order valence-corrected chi connectivity index (χ2v) is 5.59. The van der Waals surface area contributed by atoms with Gasteiger partial charge in [0, 0.05) is 35.3 Å². The Balaban J connectivity index is 2.15. The lowest BCUT2D eigenvalue weighted by atomic mass is 9.98. The number of halogens is 1. The number of methoxy groups -OCH3 is 2. The van der Waals surface area contributed by atoms with Gasteiger partial charge in [-0.1, -0.05) is 16.8 Å². The first-order valence-electron chi connectivity index (χ1n) is 7.18. The molecule has 0 saturated heterocycles. The van der Waals surface area contributed by atoms with E-state index in [1.54, 1.807) is 14.2 Å². The molecular formula is C17H17ClN2O3. The fraction of sp³-hybridized carbons (Fsp3) is 0.235. The Morgan fingerprint density at radius 1 is 1.09 bits per heavy atom. The zero-order valence-corrected chi connectivity index (χ0v) is 13.7. The van der Waals surface area contributed by atoms with Gasteiger partial charge >= 0.3 is 0 Å². The van der Waals surface area contributed by atoms with Crippen molar-refractivity contribution in [1.29, 1.82) is 0 Å². The van der Waals surface area contributed by atoms with Gasteiger partial charge in [-0.3, -0.25) is 0 Å². The predicted octanol–water partition coefficient (Wildman–Crippen LogP) is 4.08. The molecule has 0 unspecified atom stereocenters. The summed E-state index contributed by atoms with van der Waals surface area (Å²) in [5.74, 6) is 1.23. The van der Waals surface area contributed by atoms with Crippen LogP contribution in [0.1, 0.15) is 12.0 Å². The molecule has 5 nitrogen and oxygen atoms in total. The van der Waals surface area contributed by atoms with Crippen LogP contribution >= 0.6 is 11.6 Å². The van der Waals surface area contributed by atoms with Gasteiger partial charge in [0.1, 0.15) is 0 Å². The Hall–Kier alpha value is -2.40. The quantitative estimate of drug-likeness (QED) is 0.679. The summed E-state index contributed by atoms with van der Waals surface area (Å²) in [6.45, 7) is 0.698. The molecule has 0 radical (unpaired) electrons. The number of rotatable bonds is 3. The van der Waals surface area contributed by atoms with E-state index in [0.29, 0.717) is 35.2 Å². The molecule has 1 heterocycles. The van der Waals surface area contributed by atoms with Crippen molar-refractivity contribution >= 4 is 28.7 Å². The number of fused-ring (bicyclic) bond motifs is 1. The van der Waals surface area contributed by atoms with Crippen molar-refractivity contribution in [1.82, 2.24) is 0 Å². The highest BCUT2D eigenvalue weighted by atomic mass is 35.5. The van der Waals surface area contributed by atoms with E-state index < -0.39 is 0 Å². The molecule has 0 aromatic heterocycles. The molecule has 0 amide bonds. The van der Waals surface area contributed by atoms with Crippen molar-refractivity contribution in [2.24, 2.45) is 5.16 Å². The van der Waals surface area contributed by atoms with Crippen LogP contribution in [0.5, 0.6) is 11.5 Å². The van der Waals surface area contributed by atoms with E-state index in [9.17, 15) is 5.21 Å². The summed E-state index contributed by atoms with van der Waals surface area (Å²) in [6, 6.07) is 11.4. The third kappa shape index (κ3) is 2.80. The molecule has 2 aromatic rings. The summed E-state index contributed by atoms with van der Waals surface area (Å²) < 4.78 is 10.8. The van der Waals surface area contributed by atoms with E-state index in [1.165, 1.54) is 0 Å². The topological polar surface area (TPSA) is 54.3 Å². The summed E-state index contributed by atoms with van der Waals surface area (Å²) in [5.41, 5.74) is 3.38. The molecule has 0 spiro atoms. The number of nitrogens with zero attached hydrogens (tertiary/aromatic N) is 2. The third-order valence-electron chi connectivity index (χ3n) is 3.93. The van der Waals surface area contributed by atoms with E-state index in [4.69, 9.17) is 21.1 Å². The van der Waals surface area contributed by atoms with E-state index in [2.05, 4.69) is 10.1 Å². The van der Waals surface area contributed by atoms with Crippen LogP contribution in [-0.2, 0) is 0 Å².